The maximum absolute atomic E-state index is 5.78. The van der Waals surface area contributed by atoms with Crippen LogP contribution < -0.4 is 5.73 Å². The maximum Gasteiger partial charge on any atom is 0.157 e. The highest BCUT2D eigenvalue weighted by Gasteiger charge is 2.05. The van der Waals surface area contributed by atoms with Crippen LogP contribution in [0.5, 0.6) is 0 Å². The zero-order valence-corrected chi connectivity index (χ0v) is 11.6. The minimum absolute atomic E-state index is 0.380. The van der Waals surface area contributed by atoms with E-state index in [1.54, 1.807) is 6.07 Å². The summed E-state index contributed by atoms with van der Waals surface area (Å²) < 4.78 is 6.33. The van der Waals surface area contributed by atoms with Crippen molar-refractivity contribution in [3.63, 3.8) is 0 Å². The number of anilines is 1. The first-order valence-corrected chi connectivity index (χ1v) is 6.45. The van der Waals surface area contributed by atoms with Crippen molar-refractivity contribution >= 4 is 21.7 Å². The minimum Gasteiger partial charge on any atom is -0.384 e. The molecule has 0 radical (unpaired) electrons. The van der Waals surface area contributed by atoms with Gasteiger partial charge in [0.1, 0.15) is 12.4 Å². The van der Waals surface area contributed by atoms with E-state index in [1.807, 2.05) is 31.2 Å². The van der Waals surface area contributed by atoms with E-state index >= 15 is 0 Å². The Morgan fingerprint density at radius 1 is 1.22 bits per heavy atom. The van der Waals surface area contributed by atoms with Crippen molar-refractivity contribution in [2.75, 3.05) is 12.3 Å². The Balaban J connectivity index is 2.32. The molecule has 0 aliphatic carbocycles. The molecule has 0 unspecified atom stereocenters. The summed E-state index contributed by atoms with van der Waals surface area (Å²) in [6.45, 7) is 2.94. The highest BCUT2D eigenvalue weighted by Crippen LogP contribution is 2.21. The summed E-state index contributed by atoms with van der Waals surface area (Å²) >= 11 is 3.40. The van der Waals surface area contributed by atoms with Crippen LogP contribution in [0.25, 0.3) is 11.3 Å². The van der Waals surface area contributed by atoms with Gasteiger partial charge in [-0.2, -0.15) is 0 Å². The molecule has 2 rings (SSSR count). The van der Waals surface area contributed by atoms with E-state index in [0.29, 0.717) is 24.9 Å². The van der Waals surface area contributed by atoms with E-state index in [1.165, 1.54) is 0 Å². The Bertz CT molecular complexity index is 528. The van der Waals surface area contributed by atoms with Crippen molar-refractivity contribution in [2.45, 2.75) is 13.5 Å². The topological polar surface area (TPSA) is 61.0 Å². The summed E-state index contributed by atoms with van der Waals surface area (Å²) in [6.07, 6.45) is 0. The van der Waals surface area contributed by atoms with Crippen LogP contribution in [-0.4, -0.2) is 16.6 Å². The van der Waals surface area contributed by atoms with Gasteiger partial charge in [-0.1, -0.05) is 28.1 Å². The van der Waals surface area contributed by atoms with Crippen molar-refractivity contribution in [3.8, 4) is 11.3 Å². The third-order valence-electron chi connectivity index (χ3n) is 2.37. The van der Waals surface area contributed by atoms with Crippen LogP contribution in [-0.2, 0) is 11.3 Å². The van der Waals surface area contributed by atoms with Gasteiger partial charge in [0.05, 0.1) is 5.69 Å². The van der Waals surface area contributed by atoms with Crippen molar-refractivity contribution in [2.24, 2.45) is 0 Å². The van der Waals surface area contributed by atoms with Crippen LogP contribution in [0.1, 0.15) is 12.7 Å². The molecule has 0 aliphatic heterocycles. The first-order chi connectivity index (χ1) is 8.69. The van der Waals surface area contributed by atoms with Crippen LogP contribution in [0, 0.1) is 0 Å². The van der Waals surface area contributed by atoms with Gasteiger partial charge in [0, 0.05) is 22.7 Å². The second kappa shape index (κ2) is 5.93. The highest BCUT2D eigenvalue weighted by molar-refractivity contribution is 9.10. The fourth-order valence-corrected chi connectivity index (χ4v) is 1.81. The Labute approximate surface area is 114 Å². The van der Waals surface area contributed by atoms with E-state index in [-0.39, 0.29) is 0 Å². The SMILES string of the molecule is CCOCc1nc(N)cc(-c2ccc(Br)cc2)n1. The number of hydrogen-bond acceptors (Lipinski definition) is 4. The van der Waals surface area contributed by atoms with Crippen LogP contribution in [0.4, 0.5) is 5.82 Å². The van der Waals surface area contributed by atoms with E-state index < -0.39 is 0 Å². The Morgan fingerprint density at radius 2 is 1.94 bits per heavy atom. The average Bonchev–Trinajstić information content (AvgIpc) is 2.36. The molecular weight excluding hydrogens is 294 g/mol. The Hall–Kier alpha value is -1.46. The standard InChI is InChI=1S/C13H14BrN3O/c1-2-18-8-13-16-11(7-12(15)17-13)9-3-5-10(14)6-4-9/h3-7H,2,8H2,1H3,(H2,15,16,17). The third kappa shape index (κ3) is 3.27. The van der Waals surface area contributed by atoms with Gasteiger partial charge < -0.3 is 10.5 Å². The molecule has 1 aromatic carbocycles. The number of nitrogens with two attached hydrogens (primary N) is 1. The third-order valence-corrected chi connectivity index (χ3v) is 2.90. The van der Waals surface area contributed by atoms with E-state index in [4.69, 9.17) is 10.5 Å². The molecule has 0 bridgehead atoms. The molecule has 5 heteroatoms. The molecule has 1 aromatic heterocycles. The predicted molar refractivity (Wildman–Crippen MR) is 74.9 cm³/mol. The molecule has 0 atom stereocenters. The van der Waals surface area contributed by atoms with E-state index in [9.17, 15) is 0 Å². The lowest BCUT2D eigenvalue weighted by atomic mass is 10.1. The van der Waals surface area contributed by atoms with Gasteiger partial charge in [0.25, 0.3) is 0 Å². The van der Waals surface area contributed by atoms with E-state index in [0.717, 1.165) is 15.7 Å². The zero-order chi connectivity index (χ0) is 13.0. The number of benzene rings is 1. The van der Waals surface area contributed by atoms with Gasteiger partial charge in [-0.05, 0) is 19.1 Å². The Morgan fingerprint density at radius 3 is 2.61 bits per heavy atom. The second-order valence-corrected chi connectivity index (χ2v) is 4.65. The molecule has 94 valence electrons. The van der Waals surface area contributed by atoms with Gasteiger partial charge in [-0.3, -0.25) is 0 Å². The highest BCUT2D eigenvalue weighted by atomic mass is 79.9. The summed E-state index contributed by atoms with van der Waals surface area (Å²) in [5.41, 5.74) is 7.60. The zero-order valence-electron chi connectivity index (χ0n) is 10.1. The number of aromatic nitrogens is 2. The van der Waals surface area contributed by atoms with Gasteiger partial charge in [0.15, 0.2) is 5.82 Å². The smallest absolute Gasteiger partial charge is 0.157 e. The second-order valence-electron chi connectivity index (χ2n) is 3.74. The van der Waals surface area contributed by atoms with Crippen LogP contribution in [0.3, 0.4) is 0 Å². The first kappa shape index (κ1) is 13.0. The fourth-order valence-electron chi connectivity index (χ4n) is 1.54. The van der Waals surface area contributed by atoms with Gasteiger partial charge in [0.2, 0.25) is 0 Å². The van der Waals surface area contributed by atoms with Crippen LogP contribution in [0.15, 0.2) is 34.8 Å². The van der Waals surface area contributed by atoms with Gasteiger partial charge in [-0.15, -0.1) is 0 Å². The van der Waals surface area contributed by atoms with Crippen molar-refractivity contribution in [3.05, 3.63) is 40.6 Å². The lowest BCUT2D eigenvalue weighted by Gasteiger charge is -2.06. The van der Waals surface area contributed by atoms with Crippen LogP contribution in [0.2, 0.25) is 0 Å². The quantitative estimate of drug-likeness (QED) is 0.943. The van der Waals surface area contributed by atoms with Crippen LogP contribution >= 0.6 is 15.9 Å². The summed E-state index contributed by atoms with van der Waals surface area (Å²) in [5.74, 6) is 1.06. The Kier molecular flexibility index (Phi) is 4.28. The lowest BCUT2D eigenvalue weighted by Crippen LogP contribution is -2.03. The van der Waals surface area contributed by atoms with Crippen molar-refractivity contribution in [1.29, 1.82) is 0 Å². The van der Waals surface area contributed by atoms with Gasteiger partial charge >= 0.3 is 0 Å². The summed E-state index contributed by atoms with van der Waals surface area (Å²) in [6, 6.07) is 9.66. The maximum atomic E-state index is 5.78. The fraction of sp³-hybridized carbons (Fsp3) is 0.231. The molecule has 0 saturated carbocycles. The predicted octanol–water partition coefficient (Wildman–Crippen LogP) is 3.02. The van der Waals surface area contributed by atoms with Gasteiger partial charge in [-0.25, -0.2) is 9.97 Å². The number of rotatable bonds is 4. The average molecular weight is 308 g/mol. The normalized spacial score (nSPS) is 10.6. The molecule has 1 heterocycles. The summed E-state index contributed by atoms with van der Waals surface area (Å²) in [4.78, 5) is 8.59. The number of nitrogen functional groups attached to an aromatic ring is 1. The van der Waals surface area contributed by atoms with Crippen molar-refractivity contribution < 1.29 is 4.74 Å². The minimum atomic E-state index is 0.380. The molecule has 0 amide bonds. The molecule has 0 saturated heterocycles. The number of ether oxygens (including phenoxy) is 1. The summed E-state index contributed by atoms with van der Waals surface area (Å²) in [7, 11) is 0. The first-order valence-electron chi connectivity index (χ1n) is 5.66. The molecule has 0 fully saturated rings. The number of halogens is 1. The molecule has 2 N–H and O–H groups in total. The lowest BCUT2D eigenvalue weighted by molar-refractivity contribution is 0.128. The molecule has 0 spiro atoms. The number of hydrogen-bond donors (Lipinski definition) is 1. The van der Waals surface area contributed by atoms with E-state index in [2.05, 4.69) is 25.9 Å². The molecule has 4 nitrogen and oxygen atoms in total. The molecule has 18 heavy (non-hydrogen) atoms. The molecule has 0 aliphatic rings. The molecular formula is C13H14BrN3O. The summed E-state index contributed by atoms with van der Waals surface area (Å²) in [5, 5.41) is 0. The largest absolute Gasteiger partial charge is 0.384 e. The monoisotopic (exact) mass is 307 g/mol. The number of nitrogens with zero attached hydrogens (tertiary/aromatic N) is 2. The molecule has 2 aromatic rings. The van der Waals surface area contributed by atoms with Crippen molar-refractivity contribution in [1.82, 2.24) is 9.97 Å².